The van der Waals surface area contributed by atoms with Gasteiger partial charge in [-0.3, -0.25) is 0 Å². The number of piperidine rings is 1. The second-order valence-corrected chi connectivity index (χ2v) is 6.75. The molecule has 9 heteroatoms. The number of halogens is 6. The normalized spacial score (nSPS) is 19.5. The van der Waals surface area contributed by atoms with Gasteiger partial charge in [-0.2, -0.15) is 26.3 Å². The molecule has 3 nitrogen and oxygen atoms in total. The van der Waals surface area contributed by atoms with Crippen molar-refractivity contribution in [2.45, 2.75) is 43.8 Å². The monoisotopic (exact) mass is 404 g/mol. The molecule has 152 valence electrons. The minimum atomic E-state index is -4.75. The largest absolute Gasteiger partial charge is 0.433 e. The van der Waals surface area contributed by atoms with Gasteiger partial charge in [0, 0.05) is 11.6 Å². The van der Waals surface area contributed by atoms with Crippen LogP contribution < -0.4 is 5.32 Å². The van der Waals surface area contributed by atoms with Gasteiger partial charge in [0.25, 0.3) is 0 Å². The van der Waals surface area contributed by atoms with Crippen LogP contribution in [0, 0.1) is 0 Å². The first-order valence-electron chi connectivity index (χ1n) is 8.74. The first kappa shape index (κ1) is 20.6. The summed E-state index contributed by atoms with van der Waals surface area (Å²) in [5.74, 6) is 0. The molecule has 0 radical (unpaired) electrons. The molecule has 3 rings (SSSR count). The third-order valence-electron chi connectivity index (χ3n) is 4.72. The number of benzene rings is 1. The predicted molar refractivity (Wildman–Crippen MR) is 90.3 cm³/mol. The summed E-state index contributed by atoms with van der Waals surface area (Å²) in [5.41, 5.74) is -2.13. The summed E-state index contributed by atoms with van der Waals surface area (Å²) in [7, 11) is 0. The molecule has 2 heterocycles. The molecule has 2 N–H and O–H groups in total. The molecule has 2 atom stereocenters. The molecule has 0 amide bonds. The maximum absolute atomic E-state index is 13.3. The van der Waals surface area contributed by atoms with Crippen molar-refractivity contribution >= 4 is 0 Å². The number of nitrogens with zero attached hydrogens (tertiary/aromatic N) is 1. The predicted octanol–water partition coefficient (Wildman–Crippen LogP) is 4.96. The first-order valence-corrected chi connectivity index (χ1v) is 8.74. The summed E-state index contributed by atoms with van der Waals surface area (Å²) in [5, 5.41) is 13.6. The Morgan fingerprint density at radius 3 is 2.18 bits per heavy atom. The van der Waals surface area contributed by atoms with Crippen LogP contribution >= 0.6 is 0 Å². The van der Waals surface area contributed by atoms with Gasteiger partial charge in [-0.25, -0.2) is 4.98 Å². The van der Waals surface area contributed by atoms with Crippen molar-refractivity contribution in [3.63, 3.8) is 0 Å². The topological polar surface area (TPSA) is 45.2 Å². The fraction of sp³-hybridized carbons (Fsp3) is 0.421. The van der Waals surface area contributed by atoms with E-state index in [9.17, 15) is 31.4 Å². The number of pyridine rings is 1. The van der Waals surface area contributed by atoms with Gasteiger partial charge in [-0.15, -0.1) is 0 Å². The molecule has 1 fully saturated rings. The fourth-order valence-electron chi connectivity index (χ4n) is 3.23. The summed E-state index contributed by atoms with van der Waals surface area (Å²) >= 11 is 0. The highest BCUT2D eigenvalue weighted by molar-refractivity contribution is 5.61. The van der Waals surface area contributed by atoms with Crippen LogP contribution in [0.1, 0.15) is 42.2 Å². The average Bonchev–Trinajstić information content (AvgIpc) is 2.66. The van der Waals surface area contributed by atoms with Crippen molar-refractivity contribution in [2.75, 3.05) is 6.54 Å². The van der Waals surface area contributed by atoms with E-state index in [1.165, 1.54) is 6.07 Å². The quantitative estimate of drug-likeness (QED) is 0.711. The number of aliphatic hydroxyl groups is 1. The van der Waals surface area contributed by atoms with Crippen molar-refractivity contribution < 1.29 is 31.4 Å². The second kappa shape index (κ2) is 7.71. The van der Waals surface area contributed by atoms with Gasteiger partial charge in [-0.1, -0.05) is 18.6 Å². The van der Waals surface area contributed by atoms with E-state index in [4.69, 9.17) is 0 Å². The standard InChI is InChI=1S/C19H18F6N2O/c20-18(21,22)13-6-4-11(5-7-13)15-9-12(10-16(27-15)19(23,24)25)17(28)14-3-1-2-8-26-14/h4-7,9-10,14,17,26,28H,1-3,8H2/t14-,17+/m1/s1. The average molecular weight is 404 g/mol. The minimum Gasteiger partial charge on any atom is -0.387 e. The number of aliphatic hydroxyl groups excluding tert-OH is 1. The van der Waals surface area contributed by atoms with Crippen LogP contribution in [-0.2, 0) is 12.4 Å². The molecule has 0 spiro atoms. The van der Waals surface area contributed by atoms with Gasteiger partial charge < -0.3 is 10.4 Å². The molecule has 0 unspecified atom stereocenters. The highest BCUT2D eigenvalue weighted by Gasteiger charge is 2.35. The maximum Gasteiger partial charge on any atom is 0.433 e. The summed E-state index contributed by atoms with van der Waals surface area (Å²) in [6.45, 7) is 0.657. The highest BCUT2D eigenvalue weighted by atomic mass is 19.4. The fourth-order valence-corrected chi connectivity index (χ4v) is 3.23. The lowest BCUT2D eigenvalue weighted by Crippen LogP contribution is -2.38. The lowest BCUT2D eigenvalue weighted by Gasteiger charge is -2.28. The Morgan fingerprint density at radius 1 is 0.964 bits per heavy atom. The van der Waals surface area contributed by atoms with E-state index in [0.717, 1.165) is 43.2 Å². The van der Waals surface area contributed by atoms with Gasteiger partial charge in [0.05, 0.1) is 17.4 Å². The van der Waals surface area contributed by atoms with Crippen molar-refractivity contribution in [1.82, 2.24) is 10.3 Å². The van der Waals surface area contributed by atoms with E-state index in [0.29, 0.717) is 13.0 Å². The van der Waals surface area contributed by atoms with E-state index < -0.39 is 35.8 Å². The SMILES string of the molecule is O[C@@H](c1cc(-c2ccc(C(F)(F)F)cc2)nc(C(F)(F)F)c1)[C@H]1CCCCN1. The Balaban J connectivity index is 2.00. The van der Waals surface area contributed by atoms with Crippen molar-refractivity contribution in [1.29, 1.82) is 0 Å². The Morgan fingerprint density at radius 2 is 1.64 bits per heavy atom. The Bertz CT molecular complexity index is 811. The van der Waals surface area contributed by atoms with Gasteiger partial charge in [-0.05, 0) is 49.2 Å². The third-order valence-corrected chi connectivity index (χ3v) is 4.72. The van der Waals surface area contributed by atoms with Crippen LogP contribution in [0.5, 0.6) is 0 Å². The molecule has 1 aliphatic rings. The summed E-state index contributed by atoms with van der Waals surface area (Å²) in [6.07, 6.45) is -8.11. The molecule has 1 aromatic carbocycles. The summed E-state index contributed by atoms with van der Waals surface area (Å²) in [4.78, 5) is 3.56. The van der Waals surface area contributed by atoms with Gasteiger partial charge in [0.15, 0.2) is 0 Å². The molecular weight excluding hydrogens is 386 g/mol. The molecule has 1 aliphatic heterocycles. The Kier molecular flexibility index (Phi) is 5.67. The number of aromatic nitrogens is 1. The lowest BCUT2D eigenvalue weighted by atomic mass is 9.93. The van der Waals surface area contributed by atoms with Crippen LogP contribution in [0.3, 0.4) is 0 Å². The van der Waals surface area contributed by atoms with E-state index >= 15 is 0 Å². The number of hydrogen-bond acceptors (Lipinski definition) is 3. The highest BCUT2D eigenvalue weighted by Crippen LogP contribution is 2.35. The molecule has 1 saturated heterocycles. The van der Waals surface area contributed by atoms with Crippen molar-refractivity contribution in [2.24, 2.45) is 0 Å². The zero-order valence-electron chi connectivity index (χ0n) is 14.6. The van der Waals surface area contributed by atoms with Crippen molar-refractivity contribution in [3.05, 3.63) is 53.2 Å². The van der Waals surface area contributed by atoms with Crippen molar-refractivity contribution in [3.8, 4) is 11.3 Å². The smallest absolute Gasteiger partial charge is 0.387 e. The van der Waals surface area contributed by atoms with E-state index in [1.54, 1.807) is 0 Å². The molecule has 0 aliphatic carbocycles. The maximum atomic E-state index is 13.3. The van der Waals surface area contributed by atoms with Gasteiger partial charge in [0.1, 0.15) is 5.69 Å². The second-order valence-electron chi connectivity index (χ2n) is 6.75. The van der Waals surface area contributed by atoms with E-state index in [-0.39, 0.29) is 16.8 Å². The Hall–Kier alpha value is -2.13. The molecule has 0 saturated carbocycles. The number of rotatable bonds is 3. The molecular formula is C19H18F6N2O. The summed E-state index contributed by atoms with van der Waals surface area (Å²) < 4.78 is 78.0. The van der Waals surface area contributed by atoms with Gasteiger partial charge in [0.2, 0.25) is 0 Å². The van der Waals surface area contributed by atoms with Crippen LogP contribution in [0.2, 0.25) is 0 Å². The van der Waals surface area contributed by atoms with Crippen LogP contribution in [0.25, 0.3) is 11.3 Å². The van der Waals surface area contributed by atoms with Crippen LogP contribution in [-0.4, -0.2) is 22.7 Å². The zero-order valence-corrected chi connectivity index (χ0v) is 14.6. The van der Waals surface area contributed by atoms with Gasteiger partial charge >= 0.3 is 12.4 Å². The molecule has 0 bridgehead atoms. The van der Waals surface area contributed by atoms with E-state index in [1.807, 2.05) is 0 Å². The lowest BCUT2D eigenvalue weighted by molar-refractivity contribution is -0.141. The zero-order chi connectivity index (χ0) is 20.5. The molecule has 28 heavy (non-hydrogen) atoms. The number of hydrogen-bond donors (Lipinski definition) is 2. The number of alkyl halides is 6. The molecule has 1 aromatic heterocycles. The molecule has 2 aromatic rings. The minimum absolute atomic E-state index is 0.0247. The summed E-state index contributed by atoms with van der Waals surface area (Å²) in [6, 6.07) is 5.40. The van der Waals surface area contributed by atoms with Crippen LogP contribution in [0.4, 0.5) is 26.3 Å². The number of nitrogens with one attached hydrogen (secondary N) is 1. The Labute approximate surface area is 157 Å². The first-order chi connectivity index (χ1) is 13.1. The van der Waals surface area contributed by atoms with E-state index in [2.05, 4.69) is 10.3 Å². The van der Waals surface area contributed by atoms with Crippen LogP contribution in [0.15, 0.2) is 36.4 Å². The third kappa shape index (κ3) is 4.64.